The molecular weight excluding hydrogens is 270 g/mol. The maximum atomic E-state index is 6.49. The molecule has 1 saturated carbocycles. The number of aromatic nitrogens is 2. The highest BCUT2D eigenvalue weighted by molar-refractivity contribution is 7.09. The Bertz CT molecular complexity index is 541. The van der Waals surface area contributed by atoms with Gasteiger partial charge in [0.2, 0.25) is 5.89 Å². The van der Waals surface area contributed by atoms with Crippen LogP contribution in [-0.2, 0) is 12.0 Å². The summed E-state index contributed by atoms with van der Waals surface area (Å²) in [4.78, 5) is 5.78. The van der Waals surface area contributed by atoms with Gasteiger partial charge in [0, 0.05) is 11.3 Å². The molecule has 0 saturated heterocycles. The normalized spacial score (nSPS) is 26.8. The molecule has 0 bridgehead atoms. The number of hydrogen-bond donors (Lipinski definition) is 1. The van der Waals surface area contributed by atoms with Crippen LogP contribution in [-0.4, -0.2) is 10.1 Å². The Balaban J connectivity index is 1.70. The molecule has 5 heteroatoms. The monoisotopic (exact) mass is 291 g/mol. The van der Waals surface area contributed by atoms with Crippen molar-refractivity contribution in [2.75, 3.05) is 0 Å². The molecule has 0 amide bonds. The van der Waals surface area contributed by atoms with Gasteiger partial charge in [0.05, 0.1) is 5.54 Å². The topological polar surface area (TPSA) is 64.9 Å². The number of thiophene rings is 1. The quantitative estimate of drug-likeness (QED) is 0.936. The summed E-state index contributed by atoms with van der Waals surface area (Å²) in [6, 6.07) is 4.13. The summed E-state index contributed by atoms with van der Waals surface area (Å²) in [5.41, 5.74) is 6.08. The van der Waals surface area contributed by atoms with Crippen LogP contribution in [0, 0.1) is 5.92 Å². The van der Waals surface area contributed by atoms with E-state index in [1.54, 1.807) is 11.3 Å². The molecule has 1 aliphatic rings. The van der Waals surface area contributed by atoms with E-state index in [-0.39, 0.29) is 0 Å². The van der Waals surface area contributed by atoms with E-state index in [9.17, 15) is 0 Å². The fraction of sp³-hybridized carbons (Fsp3) is 0.600. The van der Waals surface area contributed by atoms with E-state index < -0.39 is 5.54 Å². The average molecular weight is 291 g/mol. The molecule has 2 heterocycles. The van der Waals surface area contributed by atoms with Gasteiger partial charge in [-0.3, -0.25) is 0 Å². The van der Waals surface area contributed by atoms with Crippen molar-refractivity contribution in [2.24, 2.45) is 11.7 Å². The molecule has 108 valence electrons. The van der Waals surface area contributed by atoms with E-state index in [4.69, 9.17) is 10.3 Å². The lowest BCUT2D eigenvalue weighted by Crippen LogP contribution is -2.40. The van der Waals surface area contributed by atoms with E-state index in [1.165, 1.54) is 11.3 Å². The molecule has 0 atom stereocenters. The third-order valence-corrected chi connectivity index (χ3v) is 5.26. The predicted octanol–water partition coefficient (Wildman–Crippen LogP) is 3.48. The zero-order valence-corrected chi connectivity index (χ0v) is 12.7. The number of nitrogens with two attached hydrogens (primary N) is 1. The van der Waals surface area contributed by atoms with Crippen LogP contribution >= 0.6 is 11.3 Å². The zero-order valence-electron chi connectivity index (χ0n) is 11.8. The minimum atomic E-state index is -0.410. The van der Waals surface area contributed by atoms with Crippen LogP contribution in [0.5, 0.6) is 0 Å². The first-order chi connectivity index (χ1) is 9.69. The fourth-order valence-corrected chi connectivity index (χ4v) is 3.61. The third kappa shape index (κ3) is 2.79. The van der Waals surface area contributed by atoms with Gasteiger partial charge in [-0.2, -0.15) is 4.98 Å². The lowest BCUT2D eigenvalue weighted by Gasteiger charge is -2.33. The molecule has 0 aromatic carbocycles. The van der Waals surface area contributed by atoms with E-state index in [0.717, 1.165) is 43.8 Å². The molecule has 4 nitrogen and oxygen atoms in total. The molecule has 3 rings (SSSR count). The SMILES string of the molecule is CCC1CCC(N)(c2nc(Cc3cccs3)no2)CC1. The fourth-order valence-electron chi connectivity index (χ4n) is 2.91. The molecular formula is C15H21N3OS. The Morgan fingerprint density at radius 2 is 2.25 bits per heavy atom. The molecule has 0 aliphatic heterocycles. The Hall–Kier alpha value is -1.20. The number of rotatable bonds is 4. The standard InChI is InChI=1S/C15H21N3OS/c1-2-11-5-7-15(16,8-6-11)14-17-13(18-19-14)10-12-4-3-9-20-12/h3-4,9,11H,2,5-8,10,16H2,1H3. The smallest absolute Gasteiger partial charge is 0.246 e. The highest BCUT2D eigenvalue weighted by Crippen LogP contribution is 2.37. The largest absolute Gasteiger partial charge is 0.337 e. The maximum absolute atomic E-state index is 6.49. The van der Waals surface area contributed by atoms with Gasteiger partial charge in [-0.15, -0.1) is 11.3 Å². The summed E-state index contributed by atoms with van der Waals surface area (Å²) in [6.07, 6.45) is 6.20. The third-order valence-electron chi connectivity index (χ3n) is 4.38. The van der Waals surface area contributed by atoms with Crippen LogP contribution in [0.25, 0.3) is 0 Å². The molecule has 2 N–H and O–H groups in total. The van der Waals surface area contributed by atoms with Crippen LogP contribution in [0.3, 0.4) is 0 Å². The van der Waals surface area contributed by atoms with Crippen molar-refractivity contribution in [2.45, 2.75) is 51.0 Å². The minimum Gasteiger partial charge on any atom is -0.337 e. The van der Waals surface area contributed by atoms with Crippen LogP contribution < -0.4 is 5.73 Å². The van der Waals surface area contributed by atoms with E-state index in [0.29, 0.717) is 5.89 Å². The van der Waals surface area contributed by atoms with Gasteiger partial charge in [-0.05, 0) is 43.0 Å². The second-order valence-electron chi connectivity index (χ2n) is 5.78. The first-order valence-corrected chi connectivity index (χ1v) is 8.22. The van der Waals surface area contributed by atoms with Gasteiger partial charge in [0.1, 0.15) is 0 Å². The van der Waals surface area contributed by atoms with Crippen molar-refractivity contribution in [3.05, 3.63) is 34.1 Å². The summed E-state index contributed by atoms with van der Waals surface area (Å²) in [5, 5.41) is 6.15. The lowest BCUT2D eigenvalue weighted by molar-refractivity contribution is 0.181. The lowest BCUT2D eigenvalue weighted by atomic mass is 9.76. The highest BCUT2D eigenvalue weighted by Gasteiger charge is 2.37. The number of nitrogens with zero attached hydrogens (tertiary/aromatic N) is 2. The second-order valence-corrected chi connectivity index (χ2v) is 6.81. The highest BCUT2D eigenvalue weighted by atomic mass is 32.1. The van der Waals surface area contributed by atoms with Gasteiger partial charge in [0.25, 0.3) is 0 Å². The molecule has 2 aromatic rings. The molecule has 0 unspecified atom stereocenters. The Kier molecular flexibility index (Phi) is 3.89. The molecule has 0 spiro atoms. The van der Waals surface area contributed by atoms with Crippen molar-refractivity contribution in [1.82, 2.24) is 10.1 Å². The van der Waals surface area contributed by atoms with Crippen molar-refractivity contribution in [3.63, 3.8) is 0 Å². The van der Waals surface area contributed by atoms with Crippen LogP contribution in [0.15, 0.2) is 22.0 Å². The second kappa shape index (κ2) is 5.66. The van der Waals surface area contributed by atoms with Crippen molar-refractivity contribution < 1.29 is 4.52 Å². The zero-order chi connectivity index (χ0) is 14.0. The summed E-state index contributed by atoms with van der Waals surface area (Å²) in [7, 11) is 0. The maximum Gasteiger partial charge on any atom is 0.246 e. The minimum absolute atomic E-state index is 0.410. The van der Waals surface area contributed by atoms with Gasteiger partial charge in [-0.25, -0.2) is 0 Å². The Morgan fingerprint density at radius 1 is 1.45 bits per heavy atom. The summed E-state index contributed by atoms with van der Waals surface area (Å²) >= 11 is 1.71. The first kappa shape index (κ1) is 13.8. The van der Waals surface area contributed by atoms with Gasteiger partial charge < -0.3 is 10.3 Å². The van der Waals surface area contributed by atoms with Crippen LogP contribution in [0.1, 0.15) is 55.6 Å². The van der Waals surface area contributed by atoms with Gasteiger partial charge in [-0.1, -0.05) is 24.6 Å². The Labute approximate surface area is 123 Å². The van der Waals surface area contributed by atoms with Crippen LogP contribution in [0.2, 0.25) is 0 Å². The van der Waals surface area contributed by atoms with Crippen molar-refractivity contribution in [1.29, 1.82) is 0 Å². The molecule has 2 aromatic heterocycles. The van der Waals surface area contributed by atoms with Gasteiger partial charge >= 0.3 is 0 Å². The average Bonchev–Trinajstić information content (AvgIpc) is 3.12. The molecule has 20 heavy (non-hydrogen) atoms. The molecule has 1 fully saturated rings. The van der Waals surface area contributed by atoms with Gasteiger partial charge in [0.15, 0.2) is 5.82 Å². The Morgan fingerprint density at radius 3 is 2.90 bits per heavy atom. The summed E-state index contributed by atoms with van der Waals surface area (Å²) < 4.78 is 5.44. The molecule has 1 aliphatic carbocycles. The summed E-state index contributed by atoms with van der Waals surface area (Å²) in [5.74, 6) is 2.17. The number of hydrogen-bond acceptors (Lipinski definition) is 5. The van der Waals surface area contributed by atoms with E-state index >= 15 is 0 Å². The first-order valence-electron chi connectivity index (χ1n) is 7.34. The van der Waals surface area contributed by atoms with E-state index in [1.807, 2.05) is 6.07 Å². The van der Waals surface area contributed by atoms with E-state index in [2.05, 4.69) is 28.5 Å². The summed E-state index contributed by atoms with van der Waals surface area (Å²) in [6.45, 7) is 2.25. The molecule has 0 radical (unpaired) electrons. The van der Waals surface area contributed by atoms with Crippen molar-refractivity contribution >= 4 is 11.3 Å². The van der Waals surface area contributed by atoms with Crippen LogP contribution in [0.4, 0.5) is 0 Å². The van der Waals surface area contributed by atoms with Crippen molar-refractivity contribution in [3.8, 4) is 0 Å². The predicted molar refractivity (Wildman–Crippen MR) is 79.5 cm³/mol.